The first-order valence-corrected chi connectivity index (χ1v) is 6.62. The molecule has 1 heterocycles. The number of hydrogen-bond acceptors (Lipinski definition) is 2. The first kappa shape index (κ1) is 12.8. The van der Waals surface area contributed by atoms with Crippen LogP contribution in [0, 0.1) is 5.92 Å². The molecule has 1 aliphatic rings. The third-order valence-corrected chi connectivity index (χ3v) is 3.64. The van der Waals surface area contributed by atoms with Crippen molar-refractivity contribution in [2.45, 2.75) is 39.5 Å². The highest BCUT2D eigenvalue weighted by atomic mass is 16.1. The largest absolute Gasteiger partial charge is 0.326 e. The Morgan fingerprint density at radius 2 is 2.00 bits per heavy atom. The van der Waals surface area contributed by atoms with Crippen molar-refractivity contribution in [2.75, 3.05) is 5.32 Å². The lowest BCUT2D eigenvalue weighted by atomic mass is 9.90. The lowest BCUT2D eigenvalue weighted by Gasteiger charge is -2.18. The van der Waals surface area contributed by atoms with Gasteiger partial charge < -0.3 is 5.32 Å². The summed E-state index contributed by atoms with van der Waals surface area (Å²) >= 11 is 0. The van der Waals surface area contributed by atoms with Crippen LogP contribution in [0.5, 0.6) is 0 Å². The zero-order valence-corrected chi connectivity index (χ0v) is 11.0. The number of fused-ring (bicyclic) bond motifs is 1. The van der Waals surface area contributed by atoms with Gasteiger partial charge in [-0.25, -0.2) is 0 Å². The minimum atomic E-state index is 0.0570. The maximum Gasteiger partial charge on any atom is 0.224 e. The Morgan fingerprint density at radius 1 is 1.28 bits per heavy atom. The number of rotatable bonds is 4. The third-order valence-electron chi connectivity index (χ3n) is 3.64. The maximum atomic E-state index is 12.3. The van der Waals surface area contributed by atoms with Crippen LogP contribution in [0.3, 0.4) is 0 Å². The molecule has 1 aromatic rings. The molecular weight excluding hydrogens is 226 g/mol. The average molecular weight is 245 g/mol. The molecule has 1 amide bonds. The van der Waals surface area contributed by atoms with Gasteiger partial charge in [-0.05, 0) is 43.0 Å². The molecule has 0 spiro atoms. The molecule has 1 aromatic carbocycles. The topological polar surface area (TPSA) is 46.2 Å². The molecule has 0 aliphatic carbocycles. The Morgan fingerprint density at radius 3 is 2.67 bits per heavy atom. The van der Waals surface area contributed by atoms with Gasteiger partial charge in [-0.15, -0.1) is 0 Å². The molecule has 0 unspecified atom stereocenters. The highest BCUT2D eigenvalue weighted by molar-refractivity contribution is 6.00. The van der Waals surface area contributed by atoms with Gasteiger partial charge in [0.1, 0.15) is 0 Å². The number of carbonyl (C=O) groups is 2. The molecule has 1 N–H and O–H groups in total. The molecule has 0 radical (unpaired) electrons. The number of Topliss-reactive ketones (excluding diaryl/α,β-unsaturated/α-hetero) is 1. The Balaban J connectivity index is 2.26. The van der Waals surface area contributed by atoms with Crippen molar-refractivity contribution in [2.24, 2.45) is 5.92 Å². The van der Waals surface area contributed by atoms with Crippen LogP contribution in [0.25, 0.3) is 0 Å². The third kappa shape index (κ3) is 2.45. The van der Waals surface area contributed by atoms with Gasteiger partial charge in [0.2, 0.25) is 5.91 Å². The van der Waals surface area contributed by atoms with E-state index in [2.05, 4.69) is 5.32 Å². The zero-order chi connectivity index (χ0) is 13.1. The lowest BCUT2D eigenvalue weighted by Crippen LogP contribution is -2.20. The molecule has 3 heteroatoms. The van der Waals surface area contributed by atoms with Gasteiger partial charge in [-0.3, -0.25) is 9.59 Å². The van der Waals surface area contributed by atoms with Gasteiger partial charge in [-0.1, -0.05) is 13.8 Å². The van der Waals surface area contributed by atoms with E-state index >= 15 is 0 Å². The fourth-order valence-electron chi connectivity index (χ4n) is 2.43. The zero-order valence-electron chi connectivity index (χ0n) is 11.0. The van der Waals surface area contributed by atoms with Crippen LogP contribution in [0.2, 0.25) is 0 Å². The molecular formula is C15H19NO2. The van der Waals surface area contributed by atoms with Gasteiger partial charge in [0, 0.05) is 23.6 Å². The molecule has 0 bridgehead atoms. The Hall–Kier alpha value is -1.64. The van der Waals surface area contributed by atoms with E-state index in [1.54, 1.807) is 0 Å². The standard InChI is InChI=1S/C15H19NO2/c1-3-10(4-2)15(18)12-5-7-13-11(9-12)6-8-14(17)16-13/h5,7,9-10H,3-4,6,8H2,1-2H3,(H,16,17). The first-order valence-electron chi connectivity index (χ1n) is 6.62. The van der Waals surface area contributed by atoms with Crippen molar-refractivity contribution in [3.05, 3.63) is 29.3 Å². The second-order valence-corrected chi connectivity index (χ2v) is 4.80. The Bertz CT molecular complexity index is 475. The highest BCUT2D eigenvalue weighted by Gasteiger charge is 2.20. The Labute approximate surface area is 108 Å². The summed E-state index contributed by atoms with van der Waals surface area (Å²) in [7, 11) is 0. The van der Waals surface area contributed by atoms with E-state index < -0.39 is 0 Å². The van der Waals surface area contributed by atoms with Crippen molar-refractivity contribution in [1.82, 2.24) is 0 Å². The number of benzene rings is 1. The smallest absolute Gasteiger partial charge is 0.224 e. The molecule has 0 saturated heterocycles. The molecule has 1 aliphatic heterocycles. The minimum Gasteiger partial charge on any atom is -0.326 e. The lowest BCUT2D eigenvalue weighted by molar-refractivity contribution is -0.116. The molecule has 0 saturated carbocycles. The van der Waals surface area contributed by atoms with E-state index in [1.165, 1.54) is 0 Å². The van der Waals surface area contributed by atoms with Gasteiger partial charge in [-0.2, -0.15) is 0 Å². The van der Waals surface area contributed by atoms with Gasteiger partial charge >= 0.3 is 0 Å². The summed E-state index contributed by atoms with van der Waals surface area (Å²) in [6.45, 7) is 4.09. The van der Waals surface area contributed by atoms with Crippen LogP contribution in [-0.4, -0.2) is 11.7 Å². The summed E-state index contributed by atoms with van der Waals surface area (Å²) in [6.07, 6.45) is 2.99. The fraction of sp³-hybridized carbons (Fsp3) is 0.467. The molecule has 18 heavy (non-hydrogen) atoms. The van der Waals surface area contributed by atoms with Gasteiger partial charge in [0.05, 0.1) is 0 Å². The average Bonchev–Trinajstić information content (AvgIpc) is 2.39. The van der Waals surface area contributed by atoms with Crippen molar-refractivity contribution in [1.29, 1.82) is 0 Å². The molecule has 0 aromatic heterocycles. The number of anilines is 1. The van der Waals surface area contributed by atoms with Crippen LogP contribution >= 0.6 is 0 Å². The van der Waals surface area contributed by atoms with Crippen molar-refractivity contribution in [3.63, 3.8) is 0 Å². The van der Waals surface area contributed by atoms with Crippen LogP contribution < -0.4 is 5.32 Å². The summed E-state index contributed by atoms with van der Waals surface area (Å²) in [5.41, 5.74) is 2.71. The monoisotopic (exact) mass is 245 g/mol. The number of ketones is 1. The second kappa shape index (κ2) is 5.34. The molecule has 0 atom stereocenters. The molecule has 96 valence electrons. The first-order chi connectivity index (χ1) is 8.65. The quantitative estimate of drug-likeness (QED) is 0.828. The minimum absolute atomic E-state index is 0.0570. The second-order valence-electron chi connectivity index (χ2n) is 4.80. The van der Waals surface area contributed by atoms with E-state index in [9.17, 15) is 9.59 Å². The van der Waals surface area contributed by atoms with Gasteiger partial charge in [0.15, 0.2) is 5.78 Å². The summed E-state index contributed by atoms with van der Waals surface area (Å²) in [4.78, 5) is 23.5. The van der Waals surface area contributed by atoms with Crippen LogP contribution in [0.4, 0.5) is 5.69 Å². The van der Waals surface area contributed by atoms with Gasteiger partial charge in [0.25, 0.3) is 0 Å². The molecule has 0 fully saturated rings. The van der Waals surface area contributed by atoms with Crippen molar-refractivity contribution in [3.8, 4) is 0 Å². The number of hydrogen-bond donors (Lipinski definition) is 1. The number of amides is 1. The van der Waals surface area contributed by atoms with Crippen LogP contribution in [0.1, 0.15) is 49.0 Å². The highest BCUT2D eigenvalue weighted by Crippen LogP contribution is 2.25. The van der Waals surface area contributed by atoms with Crippen LogP contribution in [0.15, 0.2) is 18.2 Å². The van der Waals surface area contributed by atoms with Crippen molar-refractivity contribution < 1.29 is 9.59 Å². The van der Waals surface area contributed by atoms with E-state index in [0.717, 1.165) is 36.1 Å². The number of aryl methyl sites for hydroxylation is 1. The SMILES string of the molecule is CCC(CC)C(=O)c1ccc2c(c1)CCC(=O)N2. The molecule has 2 rings (SSSR count). The van der Waals surface area contributed by atoms with E-state index in [-0.39, 0.29) is 17.6 Å². The Kier molecular flexibility index (Phi) is 3.80. The summed E-state index contributed by atoms with van der Waals surface area (Å²) in [6, 6.07) is 5.61. The van der Waals surface area contributed by atoms with E-state index in [0.29, 0.717) is 6.42 Å². The normalized spacial score (nSPS) is 14.3. The maximum absolute atomic E-state index is 12.3. The fourth-order valence-corrected chi connectivity index (χ4v) is 2.43. The summed E-state index contributed by atoms with van der Waals surface area (Å²) in [5.74, 6) is 0.391. The van der Waals surface area contributed by atoms with Crippen LogP contribution in [-0.2, 0) is 11.2 Å². The summed E-state index contributed by atoms with van der Waals surface area (Å²) < 4.78 is 0. The van der Waals surface area contributed by atoms with Crippen molar-refractivity contribution >= 4 is 17.4 Å². The predicted molar refractivity (Wildman–Crippen MR) is 71.8 cm³/mol. The molecule has 3 nitrogen and oxygen atoms in total. The number of carbonyl (C=O) groups excluding carboxylic acids is 2. The predicted octanol–water partition coefficient (Wildman–Crippen LogP) is 3.19. The summed E-state index contributed by atoms with van der Waals surface area (Å²) in [5, 5.41) is 2.83. The number of nitrogens with one attached hydrogen (secondary N) is 1. The van der Waals surface area contributed by atoms with E-state index in [4.69, 9.17) is 0 Å². The van der Waals surface area contributed by atoms with E-state index in [1.807, 2.05) is 32.0 Å².